The Labute approximate surface area is 118 Å². The number of esters is 1. The van der Waals surface area contributed by atoms with Crippen LogP contribution in [0.2, 0.25) is 0 Å². The first-order chi connectivity index (χ1) is 9.66. The van der Waals surface area contributed by atoms with Crippen molar-refractivity contribution in [3.63, 3.8) is 0 Å². The van der Waals surface area contributed by atoms with Gasteiger partial charge in [-0.2, -0.15) is 0 Å². The normalized spacial score (nSPS) is 25.3. The number of aliphatic carboxylic acids is 1. The van der Waals surface area contributed by atoms with Crippen molar-refractivity contribution >= 4 is 11.9 Å². The van der Waals surface area contributed by atoms with E-state index in [1.807, 2.05) is 0 Å². The molecule has 0 saturated carbocycles. The number of carbonyl (C=O) groups is 2. The summed E-state index contributed by atoms with van der Waals surface area (Å²) in [6.45, 7) is 2.11. The largest absolute Gasteiger partial charge is 0.481 e. The first-order valence-electron chi connectivity index (χ1n) is 7.24. The minimum absolute atomic E-state index is 0.0286. The second-order valence-electron chi connectivity index (χ2n) is 5.42. The van der Waals surface area contributed by atoms with E-state index in [1.54, 1.807) is 0 Å². The molecule has 20 heavy (non-hydrogen) atoms. The summed E-state index contributed by atoms with van der Waals surface area (Å²) in [5, 5.41) is 8.98. The molecule has 2 heterocycles. The molecular weight excluding hydrogens is 264 g/mol. The second kappa shape index (κ2) is 7.59. The van der Waals surface area contributed by atoms with Crippen molar-refractivity contribution in [3.05, 3.63) is 0 Å². The van der Waals surface area contributed by atoms with Crippen LogP contribution in [0.3, 0.4) is 0 Å². The lowest BCUT2D eigenvalue weighted by atomic mass is 9.84. The summed E-state index contributed by atoms with van der Waals surface area (Å²) in [5.74, 6) is -1.90. The van der Waals surface area contributed by atoms with Gasteiger partial charge in [-0.25, -0.2) is 0 Å². The van der Waals surface area contributed by atoms with Crippen molar-refractivity contribution < 1.29 is 28.9 Å². The van der Waals surface area contributed by atoms with E-state index in [-0.39, 0.29) is 25.0 Å². The van der Waals surface area contributed by atoms with Crippen LogP contribution in [0.1, 0.15) is 32.1 Å². The highest BCUT2D eigenvalue weighted by molar-refractivity contribution is 5.79. The first kappa shape index (κ1) is 15.3. The predicted octanol–water partition coefficient (Wildman–Crippen LogP) is 1.23. The predicted molar refractivity (Wildman–Crippen MR) is 69.2 cm³/mol. The van der Waals surface area contributed by atoms with Gasteiger partial charge in [0.25, 0.3) is 0 Å². The van der Waals surface area contributed by atoms with Gasteiger partial charge >= 0.3 is 11.9 Å². The molecule has 0 bridgehead atoms. The fraction of sp³-hybridized carbons (Fsp3) is 0.857. The zero-order valence-corrected chi connectivity index (χ0v) is 11.6. The highest BCUT2D eigenvalue weighted by atomic mass is 16.6. The summed E-state index contributed by atoms with van der Waals surface area (Å²) in [7, 11) is 0. The lowest BCUT2D eigenvalue weighted by Crippen LogP contribution is -2.33. The molecule has 6 nitrogen and oxygen atoms in total. The lowest BCUT2D eigenvalue weighted by Gasteiger charge is -2.28. The monoisotopic (exact) mass is 286 g/mol. The molecule has 2 atom stereocenters. The van der Waals surface area contributed by atoms with Gasteiger partial charge in [-0.1, -0.05) is 0 Å². The number of rotatable bonds is 6. The molecule has 0 aromatic rings. The van der Waals surface area contributed by atoms with Crippen LogP contribution in [-0.2, 0) is 23.8 Å². The van der Waals surface area contributed by atoms with E-state index in [0.29, 0.717) is 32.7 Å². The van der Waals surface area contributed by atoms with Crippen LogP contribution in [0.5, 0.6) is 0 Å². The average molecular weight is 286 g/mol. The minimum Gasteiger partial charge on any atom is -0.481 e. The van der Waals surface area contributed by atoms with Crippen molar-refractivity contribution in [2.75, 3.05) is 26.4 Å². The Morgan fingerprint density at radius 3 is 2.55 bits per heavy atom. The van der Waals surface area contributed by atoms with E-state index < -0.39 is 17.9 Å². The molecule has 0 amide bonds. The molecule has 0 unspecified atom stereocenters. The topological polar surface area (TPSA) is 82.1 Å². The van der Waals surface area contributed by atoms with Gasteiger partial charge in [-0.05, 0) is 31.6 Å². The maximum atomic E-state index is 12.2. The van der Waals surface area contributed by atoms with E-state index >= 15 is 0 Å². The molecule has 6 heteroatoms. The van der Waals surface area contributed by atoms with Gasteiger partial charge in [0.1, 0.15) is 6.61 Å². The molecule has 114 valence electrons. The summed E-state index contributed by atoms with van der Waals surface area (Å²) < 4.78 is 15.9. The number of carboxylic acid groups (broad SMARTS) is 1. The van der Waals surface area contributed by atoms with Gasteiger partial charge in [0, 0.05) is 19.8 Å². The summed E-state index contributed by atoms with van der Waals surface area (Å²) in [6.07, 6.45) is 3.11. The second-order valence-corrected chi connectivity index (χ2v) is 5.42. The SMILES string of the molecule is O=C(O)C[C@H](C(=O)OC[C@@H]1CCCO1)C1CCOCC1. The zero-order valence-electron chi connectivity index (χ0n) is 11.6. The van der Waals surface area contributed by atoms with E-state index in [0.717, 1.165) is 12.8 Å². The number of carbonyl (C=O) groups excluding carboxylic acids is 1. The number of hydrogen-bond acceptors (Lipinski definition) is 5. The average Bonchev–Trinajstić information content (AvgIpc) is 2.96. The van der Waals surface area contributed by atoms with Crippen LogP contribution in [0.25, 0.3) is 0 Å². The van der Waals surface area contributed by atoms with E-state index in [9.17, 15) is 9.59 Å². The van der Waals surface area contributed by atoms with Gasteiger partial charge in [0.15, 0.2) is 0 Å². The molecule has 2 saturated heterocycles. The molecule has 0 radical (unpaired) electrons. The van der Waals surface area contributed by atoms with Gasteiger partial charge in [0.2, 0.25) is 0 Å². The molecule has 0 aliphatic carbocycles. The smallest absolute Gasteiger partial charge is 0.309 e. The van der Waals surface area contributed by atoms with E-state index in [1.165, 1.54) is 0 Å². The number of ether oxygens (including phenoxy) is 3. The molecule has 2 aliphatic heterocycles. The van der Waals surface area contributed by atoms with Gasteiger partial charge in [-0.3, -0.25) is 9.59 Å². The van der Waals surface area contributed by atoms with Crippen molar-refractivity contribution in [2.24, 2.45) is 11.8 Å². The third-order valence-electron chi connectivity index (χ3n) is 3.97. The summed E-state index contributed by atoms with van der Waals surface area (Å²) in [5.41, 5.74) is 0. The summed E-state index contributed by atoms with van der Waals surface area (Å²) in [4.78, 5) is 23.1. The standard InChI is InChI=1S/C14H22O6/c15-13(16)8-12(10-3-6-18-7-4-10)14(17)20-9-11-2-1-5-19-11/h10-12H,1-9H2,(H,15,16)/t11-,12-/m0/s1. The van der Waals surface area contributed by atoms with Crippen LogP contribution in [0, 0.1) is 11.8 Å². The fourth-order valence-electron chi connectivity index (χ4n) is 2.81. The van der Waals surface area contributed by atoms with Crippen molar-refractivity contribution in [1.29, 1.82) is 0 Å². The molecule has 0 aromatic heterocycles. The van der Waals surface area contributed by atoms with Crippen LogP contribution >= 0.6 is 0 Å². The summed E-state index contributed by atoms with van der Waals surface area (Å²) >= 11 is 0. The van der Waals surface area contributed by atoms with E-state index in [2.05, 4.69) is 0 Å². The molecule has 1 N–H and O–H groups in total. The highest BCUT2D eigenvalue weighted by Gasteiger charge is 2.33. The van der Waals surface area contributed by atoms with Crippen LogP contribution in [-0.4, -0.2) is 49.6 Å². The van der Waals surface area contributed by atoms with Crippen LogP contribution in [0.15, 0.2) is 0 Å². The Balaban J connectivity index is 1.86. The Kier molecular flexibility index (Phi) is 5.79. The Hall–Kier alpha value is -1.14. The molecular formula is C14H22O6. The lowest BCUT2D eigenvalue weighted by molar-refractivity contribution is -0.159. The Morgan fingerprint density at radius 2 is 1.95 bits per heavy atom. The zero-order chi connectivity index (χ0) is 14.4. The highest BCUT2D eigenvalue weighted by Crippen LogP contribution is 2.28. The maximum absolute atomic E-state index is 12.2. The van der Waals surface area contributed by atoms with Gasteiger partial charge < -0.3 is 19.3 Å². The Bertz CT molecular complexity index is 331. The molecule has 2 rings (SSSR count). The van der Waals surface area contributed by atoms with Gasteiger partial charge in [-0.15, -0.1) is 0 Å². The van der Waals surface area contributed by atoms with Crippen LogP contribution in [0.4, 0.5) is 0 Å². The quantitative estimate of drug-likeness (QED) is 0.739. The summed E-state index contributed by atoms with van der Waals surface area (Å²) in [6, 6.07) is 0. The number of carboxylic acids is 1. The molecule has 0 spiro atoms. The van der Waals surface area contributed by atoms with Crippen molar-refractivity contribution in [1.82, 2.24) is 0 Å². The van der Waals surface area contributed by atoms with E-state index in [4.69, 9.17) is 19.3 Å². The minimum atomic E-state index is -0.962. The third-order valence-corrected chi connectivity index (χ3v) is 3.97. The maximum Gasteiger partial charge on any atom is 0.309 e. The van der Waals surface area contributed by atoms with Crippen molar-refractivity contribution in [2.45, 2.75) is 38.2 Å². The van der Waals surface area contributed by atoms with Crippen LogP contribution < -0.4 is 0 Å². The van der Waals surface area contributed by atoms with Crippen molar-refractivity contribution in [3.8, 4) is 0 Å². The Morgan fingerprint density at radius 1 is 1.20 bits per heavy atom. The molecule has 2 fully saturated rings. The first-order valence-corrected chi connectivity index (χ1v) is 7.24. The molecule has 2 aliphatic rings. The van der Waals surface area contributed by atoms with Gasteiger partial charge in [0.05, 0.1) is 18.4 Å². The molecule has 0 aromatic carbocycles. The fourth-order valence-corrected chi connectivity index (χ4v) is 2.81. The third kappa shape index (κ3) is 4.45. The number of hydrogen-bond donors (Lipinski definition) is 1.